The summed E-state index contributed by atoms with van der Waals surface area (Å²) in [7, 11) is 0. The van der Waals surface area contributed by atoms with Crippen LogP contribution >= 0.6 is 0 Å². The van der Waals surface area contributed by atoms with E-state index in [0.717, 1.165) is 18.1 Å². The number of aromatic carboxylic acids is 1. The van der Waals surface area contributed by atoms with Crippen molar-refractivity contribution in [2.24, 2.45) is 0 Å². The van der Waals surface area contributed by atoms with Crippen molar-refractivity contribution in [2.45, 2.75) is 13.3 Å². The van der Waals surface area contributed by atoms with Gasteiger partial charge in [-0.1, -0.05) is 11.6 Å². The quantitative estimate of drug-likeness (QED) is 0.514. The molecule has 19 heavy (non-hydrogen) atoms. The molecule has 0 aromatic heterocycles. The topological polar surface area (TPSA) is 83.7 Å². The third-order valence-electron chi connectivity index (χ3n) is 3.09. The molecule has 1 aliphatic rings. The van der Waals surface area contributed by atoms with Crippen LogP contribution in [-0.4, -0.2) is 29.1 Å². The van der Waals surface area contributed by atoms with E-state index >= 15 is 0 Å². The predicted molar refractivity (Wildman–Crippen MR) is 70.6 cm³/mol. The molecule has 1 aliphatic heterocycles. The van der Waals surface area contributed by atoms with Crippen LogP contribution in [0, 0.1) is 10.1 Å². The molecule has 0 spiro atoms. The molecular weight excluding hydrogens is 248 g/mol. The van der Waals surface area contributed by atoms with Crippen LogP contribution in [0.25, 0.3) is 0 Å². The molecule has 1 aromatic rings. The van der Waals surface area contributed by atoms with Crippen LogP contribution < -0.4 is 4.90 Å². The van der Waals surface area contributed by atoms with Crippen LogP contribution in [0.1, 0.15) is 23.7 Å². The van der Waals surface area contributed by atoms with E-state index in [4.69, 9.17) is 5.11 Å². The highest BCUT2D eigenvalue weighted by Gasteiger charge is 2.22. The third-order valence-corrected chi connectivity index (χ3v) is 3.09. The van der Waals surface area contributed by atoms with Crippen molar-refractivity contribution in [2.75, 3.05) is 18.0 Å². The van der Waals surface area contributed by atoms with Gasteiger partial charge in [0.1, 0.15) is 5.69 Å². The fourth-order valence-electron chi connectivity index (χ4n) is 2.19. The van der Waals surface area contributed by atoms with Crippen molar-refractivity contribution in [1.29, 1.82) is 0 Å². The number of carbonyl (C=O) groups is 1. The van der Waals surface area contributed by atoms with Gasteiger partial charge in [-0.05, 0) is 25.5 Å². The maximum Gasteiger partial charge on any atom is 0.335 e. The number of hydrogen-bond donors (Lipinski definition) is 1. The zero-order valence-electron chi connectivity index (χ0n) is 10.5. The Morgan fingerprint density at radius 2 is 2.21 bits per heavy atom. The Morgan fingerprint density at radius 1 is 1.47 bits per heavy atom. The Kier molecular flexibility index (Phi) is 3.50. The Bertz CT molecular complexity index is 566. The second-order valence-corrected chi connectivity index (χ2v) is 4.53. The number of nitrogens with zero attached hydrogens (tertiary/aromatic N) is 2. The fourth-order valence-corrected chi connectivity index (χ4v) is 2.19. The van der Waals surface area contributed by atoms with Crippen LogP contribution in [0.3, 0.4) is 0 Å². The molecule has 6 nitrogen and oxygen atoms in total. The number of carboxylic acid groups (broad SMARTS) is 1. The average molecular weight is 262 g/mol. The van der Waals surface area contributed by atoms with Crippen LogP contribution in [0.2, 0.25) is 0 Å². The van der Waals surface area contributed by atoms with Gasteiger partial charge in [-0.25, -0.2) is 4.79 Å². The number of nitro groups is 1. The van der Waals surface area contributed by atoms with Crippen LogP contribution in [0.15, 0.2) is 29.8 Å². The molecule has 1 heterocycles. The molecular formula is C13H14N2O4. The van der Waals surface area contributed by atoms with Crippen molar-refractivity contribution < 1.29 is 14.8 Å². The molecule has 2 rings (SSSR count). The molecule has 100 valence electrons. The minimum atomic E-state index is -1.16. The van der Waals surface area contributed by atoms with Crippen molar-refractivity contribution >= 4 is 17.3 Å². The molecule has 0 radical (unpaired) electrons. The molecule has 0 amide bonds. The van der Waals surface area contributed by atoms with Crippen LogP contribution in [0.5, 0.6) is 0 Å². The minimum absolute atomic E-state index is 0.0697. The highest BCUT2D eigenvalue weighted by Crippen LogP contribution is 2.31. The lowest BCUT2D eigenvalue weighted by Crippen LogP contribution is -2.29. The molecule has 0 saturated heterocycles. The van der Waals surface area contributed by atoms with E-state index in [-0.39, 0.29) is 11.3 Å². The maximum absolute atomic E-state index is 11.1. The van der Waals surface area contributed by atoms with Gasteiger partial charge < -0.3 is 10.0 Å². The van der Waals surface area contributed by atoms with E-state index in [2.05, 4.69) is 6.08 Å². The van der Waals surface area contributed by atoms with Gasteiger partial charge in [-0.2, -0.15) is 0 Å². The maximum atomic E-state index is 11.1. The molecule has 1 aromatic carbocycles. The van der Waals surface area contributed by atoms with Crippen molar-refractivity contribution in [3.63, 3.8) is 0 Å². The van der Waals surface area contributed by atoms with Crippen LogP contribution in [-0.2, 0) is 0 Å². The lowest BCUT2D eigenvalue weighted by Gasteiger charge is -2.27. The van der Waals surface area contributed by atoms with Gasteiger partial charge >= 0.3 is 5.97 Å². The van der Waals surface area contributed by atoms with E-state index in [1.807, 2.05) is 11.8 Å². The summed E-state index contributed by atoms with van der Waals surface area (Å²) in [5, 5.41) is 20.0. The van der Waals surface area contributed by atoms with Gasteiger partial charge in [-0.3, -0.25) is 10.1 Å². The number of hydrogen-bond acceptors (Lipinski definition) is 4. The van der Waals surface area contributed by atoms with Crippen molar-refractivity contribution in [1.82, 2.24) is 0 Å². The van der Waals surface area contributed by atoms with Crippen molar-refractivity contribution in [3.8, 4) is 0 Å². The van der Waals surface area contributed by atoms with Gasteiger partial charge in [0.25, 0.3) is 5.69 Å². The van der Waals surface area contributed by atoms with Gasteiger partial charge in [0.05, 0.1) is 10.5 Å². The number of nitro benzene ring substituents is 1. The summed E-state index contributed by atoms with van der Waals surface area (Å²) < 4.78 is 0. The zero-order valence-corrected chi connectivity index (χ0v) is 10.5. The Labute approximate surface area is 110 Å². The third kappa shape index (κ3) is 2.73. The highest BCUT2D eigenvalue weighted by molar-refractivity contribution is 5.89. The molecule has 0 unspecified atom stereocenters. The number of benzene rings is 1. The SMILES string of the molecule is CC1=CCCN(c2ccc(C(=O)O)cc2[N+](=O)[O-])C1. The normalized spacial score (nSPS) is 15.0. The van der Waals surface area contributed by atoms with E-state index in [9.17, 15) is 14.9 Å². The van der Waals surface area contributed by atoms with E-state index in [0.29, 0.717) is 18.8 Å². The molecule has 1 N–H and O–H groups in total. The fraction of sp³-hybridized carbons (Fsp3) is 0.308. The first-order valence-corrected chi connectivity index (χ1v) is 5.91. The van der Waals surface area contributed by atoms with Crippen LogP contribution in [0.4, 0.5) is 11.4 Å². The predicted octanol–water partition coefficient (Wildman–Crippen LogP) is 2.45. The summed E-state index contributed by atoms with van der Waals surface area (Å²) in [4.78, 5) is 23.3. The number of rotatable bonds is 3. The Balaban J connectivity index is 2.42. The van der Waals surface area contributed by atoms with E-state index in [1.54, 1.807) is 0 Å². The molecule has 0 aliphatic carbocycles. The standard InChI is InChI=1S/C13H14N2O4/c1-9-3-2-6-14(8-9)11-5-4-10(13(16)17)7-12(11)15(18)19/h3-5,7H,2,6,8H2,1H3,(H,16,17). The summed E-state index contributed by atoms with van der Waals surface area (Å²) >= 11 is 0. The first-order valence-electron chi connectivity index (χ1n) is 5.91. The smallest absolute Gasteiger partial charge is 0.335 e. The largest absolute Gasteiger partial charge is 0.478 e. The van der Waals surface area contributed by atoms with Gasteiger partial charge in [0.15, 0.2) is 0 Å². The highest BCUT2D eigenvalue weighted by atomic mass is 16.6. The number of anilines is 1. The van der Waals surface area contributed by atoms with Gasteiger partial charge in [0.2, 0.25) is 0 Å². The van der Waals surface area contributed by atoms with E-state index in [1.165, 1.54) is 12.1 Å². The monoisotopic (exact) mass is 262 g/mol. The summed E-state index contributed by atoms with van der Waals surface area (Å²) in [6.07, 6.45) is 2.94. The van der Waals surface area contributed by atoms with Gasteiger partial charge in [0, 0.05) is 19.2 Å². The summed E-state index contributed by atoms with van der Waals surface area (Å²) in [5.74, 6) is -1.16. The van der Waals surface area contributed by atoms with E-state index < -0.39 is 10.9 Å². The lowest BCUT2D eigenvalue weighted by molar-refractivity contribution is -0.384. The Hall–Kier alpha value is -2.37. The lowest BCUT2D eigenvalue weighted by atomic mass is 10.1. The second kappa shape index (κ2) is 5.09. The number of carboxylic acids is 1. The molecule has 6 heteroatoms. The molecule has 0 fully saturated rings. The summed E-state index contributed by atoms with van der Waals surface area (Å²) in [6.45, 7) is 3.31. The second-order valence-electron chi connectivity index (χ2n) is 4.53. The molecule has 0 atom stereocenters. The molecule has 0 saturated carbocycles. The van der Waals surface area contributed by atoms with Crippen molar-refractivity contribution in [3.05, 3.63) is 45.5 Å². The average Bonchev–Trinajstić information content (AvgIpc) is 2.37. The molecule has 0 bridgehead atoms. The minimum Gasteiger partial charge on any atom is -0.478 e. The zero-order chi connectivity index (χ0) is 14.0. The first-order chi connectivity index (χ1) is 8.99. The van der Waals surface area contributed by atoms with Gasteiger partial charge in [-0.15, -0.1) is 0 Å². The summed E-state index contributed by atoms with van der Waals surface area (Å²) in [5.41, 5.74) is 1.40. The first kappa shape index (κ1) is 13.1. The summed E-state index contributed by atoms with van der Waals surface area (Å²) in [6, 6.07) is 4.03. The Morgan fingerprint density at radius 3 is 2.79 bits per heavy atom.